The van der Waals surface area contributed by atoms with Gasteiger partial charge in [0.2, 0.25) is 0 Å². The number of carbonyl (C=O) groups excluding carboxylic acids is 1. The van der Waals surface area contributed by atoms with Crippen molar-refractivity contribution >= 4 is 39.1 Å². The zero-order chi connectivity index (χ0) is 17.6. The Morgan fingerprint density at radius 2 is 2.04 bits per heavy atom. The number of halogens is 1. The zero-order valence-electron chi connectivity index (χ0n) is 14.3. The van der Waals surface area contributed by atoms with Crippen LogP contribution in [-0.4, -0.2) is 20.3 Å². The first-order valence-electron chi connectivity index (χ1n) is 7.69. The van der Waals surface area contributed by atoms with Gasteiger partial charge in [-0.15, -0.1) is 0 Å². The Kier molecular flexibility index (Phi) is 4.36. The van der Waals surface area contributed by atoms with E-state index in [4.69, 9.17) is 11.6 Å². The number of amides is 1. The molecule has 0 fully saturated rings. The molecule has 0 aliphatic carbocycles. The molecule has 0 N–H and O–H groups in total. The molecule has 0 spiro atoms. The van der Waals surface area contributed by atoms with Gasteiger partial charge in [0, 0.05) is 18.1 Å². The molecule has 0 unspecified atom stereocenters. The summed E-state index contributed by atoms with van der Waals surface area (Å²) in [4.78, 5) is 17.7. The molecule has 2 aromatic heterocycles. The summed E-state index contributed by atoms with van der Waals surface area (Å²) in [5, 5.41) is 5.09. The topological polar surface area (TPSA) is 52.2 Å². The summed E-state index contributed by atoms with van der Waals surface area (Å²) in [5.41, 5.74) is 3.32. The van der Waals surface area contributed by atoms with Crippen LogP contribution in [0.4, 0.5) is 0 Å². The lowest BCUT2D eigenvalue weighted by molar-refractivity contribution is 0.0986. The molecule has 1 aromatic carbocycles. The van der Waals surface area contributed by atoms with E-state index in [0.717, 1.165) is 21.5 Å². The summed E-state index contributed by atoms with van der Waals surface area (Å²) in [6.45, 7) is 7.84. The molecule has 2 heterocycles. The highest BCUT2D eigenvalue weighted by Crippen LogP contribution is 2.26. The van der Waals surface area contributed by atoms with Crippen LogP contribution >= 0.6 is 22.9 Å². The lowest BCUT2D eigenvalue weighted by atomic mass is 10.2. The average molecular weight is 363 g/mol. The fourth-order valence-corrected chi connectivity index (χ4v) is 3.95. The summed E-state index contributed by atoms with van der Waals surface area (Å²) < 4.78 is 4.69. The molecule has 0 saturated heterocycles. The maximum atomic E-state index is 12.7. The average Bonchev–Trinajstić information content (AvgIpc) is 3.05. The molecule has 5 nitrogen and oxygen atoms in total. The van der Waals surface area contributed by atoms with Gasteiger partial charge in [0.25, 0.3) is 5.91 Å². The Balaban J connectivity index is 2.16. The van der Waals surface area contributed by atoms with E-state index in [1.807, 2.05) is 51.4 Å². The minimum absolute atomic E-state index is 0.102. The number of hydrogen-bond acceptors (Lipinski definition) is 3. The van der Waals surface area contributed by atoms with Crippen LogP contribution in [0.15, 0.2) is 23.2 Å². The second kappa shape index (κ2) is 6.18. The summed E-state index contributed by atoms with van der Waals surface area (Å²) in [6, 6.07) is 5.71. The molecular formula is C17H19ClN4OS. The van der Waals surface area contributed by atoms with Crippen molar-refractivity contribution in [3.8, 4) is 0 Å². The first-order chi connectivity index (χ1) is 11.3. The maximum absolute atomic E-state index is 12.7. The van der Waals surface area contributed by atoms with E-state index in [0.29, 0.717) is 15.5 Å². The third kappa shape index (κ3) is 2.80. The molecule has 1 amide bonds. The van der Waals surface area contributed by atoms with Crippen molar-refractivity contribution < 1.29 is 4.79 Å². The number of hydrogen-bond donors (Lipinski definition) is 0. The van der Waals surface area contributed by atoms with E-state index < -0.39 is 0 Å². The van der Waals surface area contributed by atoms with Gasteiger partial charge < -0.3 is 4.57 Å². The highest BCUT2D eigenvalue weighted by molar-refractivity contribution is 7.16. The SMILES string of the molecule is Cc1cc(C(=O)N=c2sc3ccc(Cl)c(C)c3n2C)n(C(C)C)n1. The van der Waals surface area contributed by atoms with Crippen molar-refractivity contribution in [1.82, 2.24) is 14.3 Å². The predicted molar refractivity (Wildman–Crippen MR) is 97.8 cm³/mol. The van der Waals surface area contributed by atoms with E-state index >= 15 is 0 Å². The second-order valence-corrected chi connectivity index (χ2v) is 7.51. The Morgan fingerprint density at radius 3 is 2.71 bits per heavy atom. The van der Waals surface area contributed by atoms with E-state index in [1.165, 1.54) is 11.3 Å². The van der Waals surface area contributed by atoms with Gasteiger partial charge in [0.15, 0.2) is 4.80 Å². The zero-order valence-corrected chi connectivity index (χ0v) is 15.9. The van der Waals surface area contributed by atoms with Crippen LogP contribution in [0, 0.1) is 13.8 Å². The Bertz CT molecular complexity index is 1010. The Morgan fingerprint density at radius 1 is 1.33 bits per heavy atom. The van der Waals surface area contributed by atoms with Crippen molar-refractivity contribution in [2.45, 2.75) is 33.7 Å². The second-order valence-electron chi connectivity index (χ2n) is 6.09. The molecule has 3 aromatic rings. The van der Waals surface area contributed by atoms with Gasteiger partial charge in [0.1, 0.15) is 5.69 Å². The maximum Gasteiger partial charge on any atom is 0.297 e. The monoisotopic (exact) mass is 362 g/mol. The van der Waals surface area contributed by atoms with Gasteiger partial charge in [0.05, 0.1) is 15.9 Å². The molecule has 0 bridgehead atoms. The van der Waals surface area contributed by atoms with Gasteiger partial charge in [-0.05, 0) is 51.5 Å². The van der Waals surface area contributed by atoms with Crippen LogP contribution in [0.2, 0.25) is 5.02 Å². The predicted octanol–water partition coefficient (Wildman–Crippen LogP) is 4.03. The van der Waals surface area contributed by atoms with Crippen LogP contribution < -0.4 is 4.80 Å². The van der Waals surface area contributed by atoms with Gasteiger partial charge in [-0.2, -0.15) is 10.1 Å². The molecule has 7 heteroatoms. The van der Waals surface area contributed by atoms with Crippen molar-refractivity contribution in [2.24, 2.45) is 12.0 Å². The van der Waals surface area contributed by atoms with Crippen LogP contribution in [0.1, 0.15) is 41.6 Å². The number of rotatable bonds is 2. The number of nitrogens with zero attached hydrogens (tertiary/aromatic N) is 4. The third-order valence-electron chi connectivity index (χ3n) is 3.91. The number of aryl methyl sites for hydroxylation is 3. The highest BCUT2D eigenvalue weighted by atomic mass is 35.5. The standard InChI is InChI=1S/C17H19ClN4OS/c1-9(2)22-13(8-10(3)20-22)16(23)19-17-21(5)15-11(4)12(18)6-7-14(15)24-17/h6-9H,1-5H3. The number of thiazole rings is 1. The summed E-state index contributed by atoms with van der Waals surface area (Å²) in [5.74, 6) is -0.282. The summed E-state index contributed by atoms with van der Waals surface area (Å²) in [7, 11) is 1.90. The Labute approximate surface area is 149 Å². The van der Waals surface area contributed by atoms with Crippen LogP contribution in [0.25, 0.3) is 10.2 Å². The highest BCUT2D eigenvalue weighted by Gasteiger charge is 2.16. The normalized spacial score (nSPS) is 12.5. The minimum Gasteiger partial charge on any atom is -0.319 e. The molecule has 0 aliphatic heterocycles. The van der Waals surface area contributed by atoms with Crippen LogP contribution in [0.3, 0.4) is 0 Å². The van der Waals surface area contributed by atoms with Crippen molar-refractivity contribution in [3.05, 3.63) is 45.0 Å². The van der Waals surface area contributed by atoms with E-state index in [9.17, 15) is 4.79 Å². The summed E-state index contributed by atoms with van der Waals surface area (Å²) >= 11 is 7.69. The number of benzene rings is 1. The number of aromatic nitrogens is 3. The van der Waals surface area contributed by atoms with E-state index in [-0.39, 0.29) is 11.9 Å². The molecule has 0 saturated carbocycles. The third-order valence-corrected chi connectivity index (χ3v) is 5.42. The molecule has 0 atom stereocenters. The van der Waals surface area contributed by atoms with Crippen molar-refractivity contribution in [1.29, 1.82) is 0 Å². The van der Waals surface area contributed by atoms with Crippen molar-refractivity contribution in [2.75, 3.05) is 0 Å². The fourth-order valence-electron chi connectivity index (χ4n) is 2.72. The van der Waals surface area contributed by atoms with Crippen molar-refractivity contribution in [3.63, 3.8) is 0 Å². The lowest BCUT2D eigenvalue weighted by Gasteiger charge is -2.07. The molecular weight excluding hydrogens is 344 g/mol. The number of carbonyl (C=O) groups is 1. The first kappa shape index (κ1) is 16.9. The van der Waals surface area contributed by atoms with E-state index in [1.54, 1.807) is 10.7 Å². The molecule has 3 rings (SSSR count). The molecule has 126 valence electrons. The molecule has 24 heavy (non-hydrogen) atoms. The number of fused-ring (bicyclic) bond motifs is 1. The minimum atomic E-state index is -0.282. The van der Waals surface area contributed by atoms with Crippen LogP contribution in [0.5, 0.6) is 0 Å². The Hall–Kier alpha value is -1.92. The van der Waals surface area contributed by atoms with Gasteiger partial charge in [-0.1, -0.05) is 22.9 Å². The summed E-state index contributed by atoms with van der Waals surface area (Å²) in [6.07, 6.45) is 0. The molecule has 0 radical (unpaired) electrons. The van der Waals surface area contributed by atoms with Gasteiger partial charge >= 0.3 is 0 Å². The van der Waals surface area contributed by atoms with Gasteiger partial charge in [-0.3, -0.25) is 9.48 Å². The fraction of sp³-hybridized carbons (Fsp3) is 0.353. The first-order valence-corrected chi connectivity index (χ1v) is 8.89. The molecule has 0 aliphatic rings. The lowest BCUT2D eigenvalue weighted by Crippen LogP contribution is -2.17. The largest absolute Gasteiger partial charge is 0.319 e. The van der Waals surface area contributed by atoms with E-state index in [2.05, 4.69) is 10.1 Å². The smallest absolute Gasteiger partial charge is 0.297 e. The quantitative estimate of drug-likeness (QED) is 0.691. The van der Waals surface area contributed by atoms with Crippen LogP contribution in [-0.2, 0) is 7.05 Å². The van der Waals surface area contributed by atoms with Gasteiger partial charge in [-0.25, -0.2) is 0 Å².